The zero-order valence-corrected chi connectivity index (χ0v) is 25.3. The molecule has 0 saturated heterocycles. The maximum Gasteiger partial charge on any atom is 0.138 e. The fraction of sp³-hybridized carbons (Fsp3) is 0.359. The lowest BCUT2D eigenvalue weighted by molar-refractivity contribution is -0.125. The van der Waals surface area contributed by atoms with Crippen LogP contribution in [0.4, 0.5) is 0 Å². The second kappa shape index (κ2) is 16.3. The summed E-state index contributed by atoms with van der Waals surface area (Å²) < 4.78 is 0. The van der Waals surface area contributed by atoms with E-state index in [1.54, 1.807) is 0 Å². The van der Waals surface area contributed by atoms with Gasteiger partial charge in [0.25, 0.3) is 0 Å². The van der Waals surface area contributed by atoms with Crippen molar-refractivity contribution in [3.05, 3.63) is 144 Å². The Hall–Kier alpha value is -3.57. The van der Waals surface area contributed by atoms with Gasteiger partial charge in [0, 0.05) is 44.6 Å². The van der Waals surface area contributed by atoms with Crippen molar-refractivity contribution in [3.63, 3.8) is 0 Å². The van der Waals surface area contributed by atoms with Crippen LogP contribution < -0.4 is 0 Å². The van der Waals surface area contributed by atoms with Crippen LogP contribution in [-0.2, 0) is 31.0 Å². The molecule has 0 heterocycles. The third kappa shape index (κ3) is 9.46. The average Bonchev–Trinajstić information content (AvgIpc) is 3.48. The van der Waals surface area contributed by atoms with Crippen LogP contribution in [0.15, 0.2) is 121 Å². The monoisotopic (exact) mass is 574 g/mol. The third-order valence-corrected chi connectivity index (χ3v) is 8.81. The van der Waals surface area contributed by atoms with Crippen molar-refractivity contribution in [2.45, 2.75) is 76.8 Å². The molecule has 0 radical (unpaired) electrons. The number of aliphatic hydroxyl groups is 1. The number of ketones is 1. The maximum absolute atomic E-state index is 12.8. The molecule has 1 aliphatic rings. The van der Waals surface area contributed by atoms with Crippen molar-refractivity contribution in [1.82, 2.24) is 9.80 Å². The number of hydrogen-bond acceptors (Lipinski definition) is 4. The number of aliphatic hydroxyl groups excluding tert-OH is 1. The van der Waals surface area contributed by atoms with Gasteiger partial charge in [0.1, 0.15) is 5.78 Å². The highest BCUT2D eigenvalue weighted by atomic mass is 16.3. The van der Waals surface area contributed by atoms with E-state index < -0.39 is 6.10 Å². The van der Waals surface area contributed by atoms with Crippen molar-refractivity contribution >= 4 is 5.78 Å². The second-order valence-electron chi connectivity index (χ2n) is 12.1. The van der Waals surface area contributed by atoms with Crippen LogP contribution in [0.1, 0.15) is 60.8 Å². The summed E-state index contributed by atoms with van der Waals surface area (Å²) in [6.45, 7) is 4.28. The number of carbonyl (C=O) groups is 1. The van der Waals surface area contributed by atoms with E-state index in [9.17, 15) is 9.90 Å². The number of hydrogen-bond donors (Lipinski definition) is 1. The number of unbranched alkanes of at least 4 members (excludes halogenated alkanes) is 1. The molecule has 3 atom stereocenters. The van der Waals surface area contributed by atoms with E-state index in [1.807, 2.05) is 12.1 Å². The highest BCUT2D eigenvalue weighted by Crippen LogP contribution is 2.31. The Kier molecular flexibility index (Phi) is 11.7. The van der Waals surface area contributed by atoms with Crippen LogP contribution in [0.3, 0.4) is 0 Å². The Morgan fingerprint density at radius 1 is 0.628 bits per heavy atom. The van der Waals surface area contributed by atoms with E-state index in [2.05, 4.69) is 119 Å². The molecule has 224 valence electrons. The second-order valence-corrected chi connectivity index (χ2v) is 12.1. The molecule has 0 amide bonds. The molecule has 0 aliphatic heterocycles. The fourth-order valence-electron chi connectivity index (χ4n) is 6.55. The first kappa shape index (κ1) is 30.9. The standard InChI is InChI=1S/C39H46N2O2/c42-38-26-15-24-36(38)39(43)37(41(30-34-20-9-3-10-21-34)31-35-22-11-4-12-23-35)25-13-14-27-40(28-32-16-5-1-6-17-32)29-33-18-7-2-8-19-33/h1-12,16-23,36-37,39,43H,13-15,24-31H2/t36-,37-,39+/m0/s1. The topological polar surface area (TPSA) is 43.8 Å². The predicted molar refractivity (Wildman–Crippen MR) is 175 cm³/mol. The van der Waals surface area contributed by atoms with Gasteiger partial charge in [-0.3, -0.25) is 14.6 Å². The Balaban J connectivity index is 1.31. The highest BCUT2D eigenvalue weighted by Gasteiger charge is 2.38. The molecule has 0 spiro atoms. The van der Waals surface area contributed by atoms with Crippen molar-refractivity contribution < 1.29 is 9.90 Å². The molecular formula is C39H46N2O2. The minimum atomic E-state index is -0.660. The Bertz CT molecular complexity index is 1260. The quantitative estimate of drug-likeness (QED) is 0.140. The molecule has 1 aliphatic carbocycles. The van der Waals surface area contributed by atoms with Crippen LogP contribution in [0.2, 0.25) is 0 Å². The summed E-state index contributed by atoms with van der Waals surface area (Å²) in [5.74, 6) is -0.0273. The summed E-state index contributed by atoms with van der Waals surface area (Å²) in [6, 6.07) is 42.4. The van der Waals surface area contributed by atoms with Gasteiger partial charge < -0.3 is 5.11 Å². The Morgan fingerprint density at radius 2 is 1.07 bits per heavy atom. The van der Waals surface area contributed by atoms with E-state index in [1.165, 1.54) is 22.3 Å². The molecule has 0 bridgehead atoms. The largest absolute Gasteiger partial charge is 0.391 e. The summed E-state index contributed by atoms with van der Waals surface area (Å²) in [7, 11) is 0. The van der Waals surface area contributed by atoms with E-state index in [0.717, 1.165) is 64.8 Å². The minimum absolute atomic E-state index is 0.0934. The van der Waals surface area contributed by atoms with Crippen LogP contribution in [0.25, 0.3) is 0 Å². The third-order valence-electron chi connectivity index (χ3n) is 8.81. The Morgan fingerprint density at radius 3 is 1.49 bits per heavy atom. The fourth-order valence-corrected chi connectivity index (χ4v) is 6.55. The van der Waals surface area contributed by atoms with Gasteiger partial charge >= 0.3 is 0 Å². The molecule has 4 aromatic carbocycles. The first-order chi connectivity index (χ1) is 21.2. The van der Waals surface area contributed by atoms with Gasteiger partial charge in [0.05, 0.1) is 6.10 Å². The molecule has 4 heteroatoms. The van der Waals surface area contributed by atoms with E-state index in [4.69, 9.17) is 0 Å². The SMILES string of the molecule is O=C1CCC[C@@H]1[C@@H](O)[C@H](CCCCN(Cc1ccccc1)Cc1ccccc1)N(Cc1ccccc1)Cc1ccccc1. The molecule has 0 unspecified atom stereocenters. The van der Waals surface area contributed by atoms with Gasteiger partial charge in [-0.15, -0.1) is 0 Å². The summed E-state index contributed by atoms with van der Waals surface area (Å²) in [4.78, 5) is 17.8. The minimum Gasteiger partial charge on any atom is -0.391 e. The normalized spacial score (nSPS) is 16.5. The Labute approximate surface area is 258 Å². The number of benzene rings is 4. The van der Waals surface area contributed by atoms with Gasteiger partial charge in [-0.2, -0.15) is 0 Å². The lowest BCUT2D eigenvalue weighted by atomic mass is 9.89. The zero-order valence-electron chi connectivity index (χ0n) is 25.3. The average molecular weight is 575 g/mol. The van der Waals surface area contributed by atoms with Crippen molar-refractivity contribution in [2.75, 3.05) is 6.54 Å². The van der Waals surface area contributed by atoms with Crippen molar-refractivity contribution in [2.24, 2.45) is 5.92 Å². The van der Waals surface area contributed by atoms with Gasteiger partial charge in [-0.1, -0.05) is 128 Å². The van der Waals surface area contributed by atoms with Crippen molar-refractivity contribution in [1.29, 1.82) is 0 Å². The number of Topliss-reactive ketones (excluding diaryl/α,β-unsaturated/α-hetero) is 1. The van der Waals surface area contributed by atoms with E-state index >= 15 is 0 Å². The van der Waals surface area contributed by atoms with Gasteiger partial charge in [-0.25, -0.2) is 0 Å². The first-order valence-electron chi connectivity index (χ1n) is 16.0. The molecule has 1 N–H and O–H groups in total. The van der Waals surface area contributed by atoms with Crippen LogP contribution in [-0.4, -0.2) is 39.4 Å². The molecular weight excluding hydrogens is 528 g/mol. The molecule has 0 aromatic heterocycles. The summed E-state index contributed by atoms with van der Waals surface area (Å²) in [6.07, 6.45) is 4.50. The molecule has 5 rings (SSSR count). The maximum atomic E-state index is 12.8. The predicted octanol–water partition coefficient (Wildman–Crippen LogP) is 7.66. The van der Waals surface area contributed by atoms with Crippen LogP contribution in [0.5, 0.6) is 0 Å². The number of rotatable bonds is 16. The van der Waals surface area contributed by atoms with Gasteiger partial charge in [0.15, 0.2) is 0 Å². The van der Waals surface area contributed by atoms with Gasteiger partial charge in [0.2, 0.25) is 0 Å². The summed E-state index contributed by atoms with van der Waals surface area (Å²) in [5.41, 5.74) is 5.10. The lowest BCUT2D eigenvalue weighted by Crippen LogP contribution is -2.47. The van der Waals surface area contributed by atoms with Crippen LogP contribution >= 0.6 is 0 Å². The molecule has 4 nitrogen and oxygen atoms in total. The van der Waals surface area contributed by atoms with E-state index in [0.29, 0.717) is 6.42 Å². The van der Waals surface area contributed by atoms with Crippen LogP contribution in [0, 0.1) is 5.92 Å². The zero-order chi connectivity index (χ0) is 29.7. The van der Waals surface area contributed by atoms with Crippen molar-refractivity contribution in [3.8, 4) is 0 Å². The first-order valence-corrected chi connectivity index (χ1v) is 16.0. The number of carbonyl (C=O) groups excluding carboxylic acids is 1. The lowest BCUT2D eigenvalue weighted by Gasteiger charge is -2.37. The smallest absolute Gasteiger partial charge is 0.138 e. The molecule has 1 saturated carbocycles. The number of nitrogens with zero attached hydrogens (tertiary/aromatic N) is 2. The molecule has 4 aromatic rings. The van der Waals surface area contributed by atoms with Gasteiger partial charge in [-0.05, 0) is 54.5 Å². The molecule has 1 fully saturated rings. The molecule has 43 heavy (non-hydrogen) atoms. The summed E-state index contributed by atoms with van der Waals surface area (Å²) >= 11 is 0. The van der Waals surface area contributed by atoms with E-state index in [-0.39, 0.29) is 17.7 Å². The highest BCUT2D eigenvalue weighted by molar-refractivity contribution is 5.83. The summed E-state index contributed by atoms with van der Waals surface area (Å²) in [5, 5.41) is 11.8.